The minimum atomic E-state index is -1.90. The summed E-state index contributed by atoms with van der Waals surface area (Å²) in [6.07, 6.45) is 1.40. The molecule has 1 rings (SSSR count). The van der Waals surface area contributed by atoms with Crippen LogP contribution in [0, 0.1) is 0 Å². The Balaban J connectivity index is 3.10. The lowest BCUT2D eigenvalue weighted by molar-refractivity contribution is 0.0636. The number of nitrogens with one attached hydrogen (secondary N) is 1. The van der Waals surface area contributed by atoms with E-state index in [1.165, 1.54) is 0 Å². The van der Waals surface area contributed by atoms with Crippen LogP contribution in [0.5, 0.6) is 0 Å². The highest BCUT2D eigenvalue weighted by Gasteiger charge is 2.37. The first-order valence-corrected chi connectivity index (χ1v) is 12.3. The van der Waals surface area contributed by atoms with Gasteiger partial charge in [-0.05, 0) is 58.0 Å². The molecule has 0 saturated heterocycles. The number of para-hydroxylation sites is 1. The zero-order valence-corrected chi connectivity index (χ0v) is 19.3. The summed E-state index contributed by atoms with van der Waals surface area (Å²) in [6, 6.07) is 7.66. The van der Waals surface area contributed by atoms with E-state index in [2.05, 4.69) is 44.9 Å². The highest BCUT2D eigenvalue weighted by atomic mass is 28.4. The van der Waals surface area contributed by atoms with Gasteiger partial charge in [-0.2, -0.15) is 0 Å². The third-order valence-electron chi connectivity index (χ3n) is 4.59. The highest BCUT2D eigenvalue weighted by molar-refractivity contribution is 6.74. The average molecular weight is 390 g/mol. The maximum Gasteiger partial charge on any atom is 0.412 e. The Morgan fingerprint density at radius 2 is 1.74 bits per heavy atom. The molecule has 0 aliphatic rings. The lowest BCUT2D eigenvalue weighted by atomic mass is 10.1. The van der Waals surface area contributed by atoms with Gasteiger partial charge in [0.1, 0.15) is 5.60 Å². The van der Waals surface area contributed by atoms with E-state index in [0.29, 0.717) is 12.3 Å². The van der Waals surface area contributed by atoms with E-state index in [0.717, 1.165) is 11.1 Å². The van der Waals surface area contributed by atoms with Crippen molar-refractivity contribution in [3.05, 3.63) is 41.6 Å². The summed E-state index contributed by atoms with van der Waals surface area (Å²) in [5.74, 6) is 0. The second kappa shape index (κ2) is 8.92. The molecule has 0 radical (unpaired) electrons. The van der Waals surface area contributed by atoms with Crippen LogP contribution in [0.25, 0.3) is 5.57 Å². The summed E-state index contributed by atoms with van der Waals surface area (Å²) < 4.78 is 11.8. The van der Waals surface area contributed by atoms with Crippen molar-refractivity contribution in [2.75, 3.05) is 11.9 Å². The van der Waals surface area contributed by atoms with Crippen molar-refractivity contribution >= 4 is 25.7 Å². The first-order chi connectivity index (χ1) is 12.3. The van der Waals surface area contributed by atoms with Gasteiger partial charge in [-0.3, -0.25) is 5.32 Å². The van der Waals surface area contributed by atoms with Gasteiger partial charge in [0.05, 0.1) is 12.3 Å². The van der Waals surface area contributed by atoms with E-state index in [9.17, 15) is 4.79 Å². The predicted octanol–water partition coefficient (Wildman–Crippen LogP) is 6.61. The molecule has 0 aliphatic heterocycles. The lowest BCUT2D eigenvalue weighted by Gasteiger charge is -2.36. The summed E-state index contributed by atoms with van der Waals surface area (Å²) >= 11 is 0. The molecule has 0 saturated carbocycles. The fourth-order valence-electron chi connectivity index (χ4n) is 2.11. The van der Waals surface area contributed by atoms with Gasteiger partial charge in [0.25, 0.3) is 0 Å². The Morgan fingerprint density at radius 1 is 1.15 bits per heavy atom. The molecule has 1 N–H and O–H groups in total. The molecule has 0 heterocycles. The largest absolute Gasteiger partial charge is 0.444 e. The van der Waals surface area contributed by atoms with Gasteiger partial charge < -0.3 is 9.16 Å². The minimum absolute atomic E-state index is 0.127. The Kier molecular flexibility index (Phi) is 7.67. The summed E-state index contributed by atoms with van der Waals surface area (Å²) in [5.41, 5.74) is 5.22. The average Bonchev–Trinajstić information content (AvgIpc) is 2.49. The van der Waals surface area contributed by atoms with Crippen LogP contribution in [-0.2, 0) is 9.16 Å². The van der Waals surface area contributed by atoms with Gasteiger partial charge in [0, 0.05) is 11.1 Å². The molecule has 1 aromatic rings. The van der Waals surface area contributed by atoms with E-state index in [4.69, 9.17) is 9.16 Å². The number of anilines is 1. The molecule has 27 heavy (non-hydrogen) atoms. The van der Waals surface area contributed by atoms with Gasteiger partial charge in [-0.25, -0.2) is 4.79 Å². The monoisotopic (exact) mass is 389 g/mol. The van der Waals surface area contributed by atoms with Crippen molar-refractivity contribution in [1.82, 2.24) is 0 Å². The zero-order valence-electron chi connectivity index (χ0n) is 18.3. The van der Waals surface area contributed by atoms with Crippen molar-refractivity contribution < 1.29 is 14.0 Å². The number of carbonyl (C=O) groups excluding carboxylic acids is 1. The van der Waals surface area contributed by atoms with Crippen LogP contribution >= 0.6 is 0 Å². The lowest BCUT2D eigenvalue weighted by Crippen LogP contribution is -2.41. The smallest absolute Gasteiger partial charge is 0.412 e. The molecule has 0 spiro atoms. The molecule has 0 unspecified atom stereocenters. The van der Waals surface area contributed by atoms with Crippen LogP contribution in [0.4, 0.5) is 10.5 Å². The number of hydrogen-bond acceptors (Lipinski definition) is 3. The van der Waals surface area contributed by atoms with Gasteiger partial charge in [-0.1, -0.05) is 39.0 Å². The fourth-order valence-corrected chi connectivity index (χ4v) is 3.05. The molecule has 150 valence electrons. The van der Waals surface area contributed by atoms with Crippen LogP contribution in [-0.4, -0.2) is 26.6 Å². The topological polar surface area (TPSA) is 47.6 Å². The summed E-state index contributed by atoms with van der Waals surface area (Å²) in [4.78, 5) is 12.2. The minimum Gasteiger partial charge on any atom is -0.444 e. The molecule has 0 aromatic heterocycles. The van der Waals surface area contributed by atoms with Gasteiger partial charge in [-0.15, -0.1) is 5.73 Å². The van der Waals surface area contributed by atoms with Crippen LogP contribution in [0.1, 0.15) is 54.0 Å². The number of carbonyl (C=O) groups is 1. The van der Waals surface area contributed by atoms with Crippen molar-refractivity contribution in [1.29, 1.82) is 0 Å². The molecular weight excluding hydrogens is 354 g/mol. The molecule has 0 bridgehead atoms. The fraction of sp³-hybridized carbons (Fsp3) is 0.545. The van der Waals surface area contributed by atoms with Crippen molar-refractivity contribution in [2.45, 2.75) is 72.2 Å². The van der Waals surface area contributed by atoms with E-state index >= 15 is 0 Å². The number of benzene rings is 1. The highest BCUT2D eigenvalue weighted by Crippen LogP contribution is 2.37. The van der Waals surface area contributed by atoms with Crippen molar-refractivity contribution in [2.24, 2.45) is 0 Å². The molecule has 4 nitrogen and oxygen atoms in total. The van der Waals surface area contributed by atoms with Gasteiger partial charge in [0.15, 0.2) is 8.32 Å². The summed E-state index contributed by atoms with van der Waals surface area (Å²) in [5, 5.41) is 2.98. The first kappa shape index (κ1) is 23.2. The van der Waals surface area contributed by atoms with Gasteiger partial charge in [0.2, 0.25) is 0 Å². The van der Waals surface area contributed by atoms with E-state index in [-0.39, 0.29) is 5.04 Å². The molecule has 1 amide bonds. The molecule has 0 fully saturated rings. The zero-order chi connectivity index (χ0) is 20.9. The first-order valence-electron chi connectivity index (χ1n) is 9.40. The maximum atomic E-state index is 12.2. The second-order valence-electron chi connectivity index (χ2n) is 9.13. The quantitative estimate of drug-likeness (QED) is 0.455. The van der Waals surface area contributed by atoms with Crippen LogP contribution < -0.4 is 5.32 Å². The Morgan fingerprint density at radius 3 is 2.26 bits per heavy atom. The summed E-state index contributed by atoms with van der Waals surface area (Å²) in [6.45, 7) is 19.0. The summed E-state index contributed by atoms with van der Waals surface area (Å²) in [7, 11) is -1.90. The molecular formula is C22H35NO3Si. The van der Waals surface area contributed by atoms with Crippen LogP contribution in [0.15, 0.2) is 36.1 Å². The molecule has 0 atom stereocenters. The van der Waals surface area contributed by atoms with Crippen LogP contribution in [0.3, 0.4) is 0 Å². The standard InChI is InChI=1S/C22H35NO3Si/c1-10-13-17(16-25-27(8,9)22(5,6)7)18-14-11-12-15-19(18)23-20(24)26-21(2,3)4/h10-12,14-15H,16H2,1-9H3,(H,23,24). The van der Waals surface area contributed by atoms with Crippen molar-refractivity contribution in [3.63, 3.8) is 0 Å². The SMILES string of the molecule is CC=C=C(CO[Si](C)(C)C(C)(C)C)c1ccccc1NC(=O)OC(C)(C)C. The van der Waals surface area contributed by atoms with Crippen LogP contribution in [0.2, 0.25) is 18.1 Å². The maximum absolute atomic E-state index is 12.2. The van der Waals surface area contributed by atoms with E-state index in [1.807, 2.05) is 58.0 Å². The van der Waals surface area contributed by atoms with Crippen molar-refractivity contribution in [3.8, 4) is 0 Å². The molecule has 5 heteroatoms. The van der Waals surface area contributed by atoms with E-state index < -0.39 is 20.0 Å². The number of hydrogen-bond donors (Lipinski definition) is 1. The Labute approximate surface area is 165 Å². The Hall–Kier alpha value is -1.81. The normalized spacial score (nSPS) is 12.2. The number of amides is 1. The third-order valence-corrected chi connectivity index (χ3v) is 9.07. The number of ether oxygens (including phenoxy) is 1. The predicted molar refractivity (Wildman–Crippen MR) is 117 cm³/mol. The van der Waals surface area contributed by atoms with Gasteiger partial charge >= 0.3 is 6.09 Å². The Bertz CT molecular complexity index is 718. The third kappa shape index (κ3) is 7.37. The molecule has 0 aliphatic carbocycles. The second-order valence-corrected chi connectivity index (χ2v) is 13.9. The number of rotatable bonds is 5. The molecule has 1 aromatic carbocycles. The van der Waals surface area contributed by atoms with E-state index in [1.54, 1.807) is 0 Å².